The van der Waals surface area contributed by atoms with Gasteiger partial charge in [0.1, 0.15) is 0 Å². The van der Waals surface area contributed by atoms with Gasteiger partial charge in [0, 0.05) is 18.4 Å². The Hall–Kier alpha value is -3.42. The molecule has 2 N–H and O–H groups in total. The second-order valence-electron chi connectivity index (χ2n) is 6.64. The van der Waals surface area contributed by atoms with Crippen molar-refractivity contribution in [2.24, 2.45) is 5.92 Å². The Balaban J connectivity index is 1.87. The molecule has 2 heterocycles. The number of nitrogens with one attached hydrogen (secondary N) is 1. The van der Waals surface area contributed by atoms with Crippen LogP contribution in [0.5, 0.6) is 0 Å². The summed E-state index contributed by atoms with van der Waals surface area (Å²) in [7, 11) is 0. The Morgan fingerprint density at radius 1 is 1.22 bits per heavy atom. The molecule has 0 unspecified atom stereocenters. The standard InChI is InChI=1S/C19H21N5O3/c1-12(2)11-24-13(3)14(10-20-24)18(25)21-15-6-4-5-7-17(15)23-9-8-16(22-23)19(26)27/h4-10,12H,11H2,1-3H3,(H,21,25)(H,26,27). The number of hydrogen-bond acceptors (Lipinski definition) is 4. The molecule has 0 fully saturated rings. The van der Waals surface area contributed by atoms with Crippen LogP contribution in [0.2, 0.25) is 0 Å². The van der Waals surface area contributed by atoms with Crippen molar-refractivity contribution >= 4 is 17.6 Å². The van der Waals surface area contributed by atoms with Gasteiger partial charge in [-0.3, -0.25) is 9.48 Å². The lowest BCUT2D eigenvalue weighted by Gasteiger charge is -2.11. The third kappa shape index (κ3) is 3.89. The lowest BCUT2D eigenvalue weighted by molar-refractivity contribution is 0.0689. The molecule has 0 radical (unpaired) electrons. The number of carboxylic acids is 1. The predicted molar refractivity (Wildman–Crippen MR) is 100 cm³/mol. The molecule has 0 bridgehead atoms. The van der Waals surface area contributed by atoms with E-state index in [1.54, 1.807) is 36.7 Å². The molecule has 0 aliphatic heterocycles. The second-order valence-corrected chi connectivity index (χ2v) is 6.64. The highest BCUT2D eigenvalue weighted by Crippen LogP contribution is 2.21. The number of carboxylic acid groups (broad SMARTS) is 1. The van der Waals surface area contributed by atoms with Gasteiger partial charge in [0.05, 0.1) is 23.1 Å². The Morgan fingerprint density at radius 2 is 1.96 bits per heavy atom. The fourth-order valence-corrected chi connectivity index (χ4v) is 2.74. The molecule has 0 aliphatic rings. The quantitative estimate of drug-likeness (QED) is 0.697. The van der Waals surface area contributed by atoms with Crippen LogP contribution in [0.4, 0.5) is 5.69 Å². The van der Waals surface area contributed by atoms with E-state index in [0.29, 0.717) is 22.9 Å². The van der Waals surface area contributed by atoms with E-state index in [2.05, 4.69) is 29.4 Å². The molecule has 27 heavy (non-hydrogen) atoms. The Bertz CT molecular complexity index is 987. The summed E-state index contributed by atoms with van der Waals surface area (Å²) in [5.41, 5.74) is 2.33. The van der Waals surface area contributed by atoms with Gasteiger partial charge in [0.15, 0.2) is 5.69 Å². The van der Waals surface area contributed by atoms with Crippen molar-refractivity contribution in [3.05, 3.63) is 59.7 Å². The molecule has 0 aliphatic carbocycles. The molecule has 0 spiro atoms. The normalized spacial score (nSPS) is 11.0. The summed E-state index contributed by atoms with van der Waals surface area (Å²) < 4.78 is 3.24. The van der Waals surface area contributed by atoms with Crippen LogP contribution in [-0.4, -0.2) is 36.5 Å². The molecule has 8 heteroatoms. The average molecular weight is 367 g/mol. The van der Waals surface area contributed by atoms with Gasteiger partial charge in [-0.1, -0.05) is 26.0 Å². The number of rotatable bonds is 6. The number of carbonyl (C=O) groups excluding carboxylic acids is 1. The topological polar surface area (TPSA) is 102 Å². The maximum atomic E-state index is 12.7. The van der Waals surface area contributed by atoms with Gasteiger partial charge >= 0.3 is 5.97 Å². The summed E-state index contributed by atoms with van der Waals surface area (Å²) in [6, 6.07) is 8.47. The number of aromatic carboxylic acids is 1. The zero-order chi connectivity index (χ0) is 19.6. The molecule has 3 rings (SSSR count). The lowest BCUT2D eigenvalue weighted by atomic mass is 10.2. The van der Waals surface area contributed by atoms with Crippen molar-refractivity contribution in [2.45, 2.75) is 27.3 Å². The fraction of sp³-hybridized carbons (Fsp3) is 0.263. The third-order valence-corrected chi connectivity index (χ3v) is 4.09. The van der Waals surface area contributed by atoms with Crippen molar-refractivity contribution in [3.8, 4) is 5.69 Å². The van der Waals surface area contributed by atoms with E-state index in [4.69, 9.17) is 5.11 Å². The van der Waals surface area contributed by atoms with E-state index in [-0.39, 0.29) is 11.6 Å². The number of anilines is 1. The molecular formula is C19H21N5O3. The predicted octanol–water partition coefficient (Wildman–Crippen LogP) is 2.98. The van der Waals surface area contributed by atoms with Gasteiger partial charge in [-0.05, 0) is 31.0 Å². The molecule has 1 aromatic carbocycles. The first-order chi connectivity index (χ1) is 12.9. The molecule has 0 atom stereocenters. The first-order valence-corrected chi connectivity index (χ1v) is 8.59. The van der Waals surface area contributed by atoms with Crippen LogP contribution in [0, 0.1) is 12.8 Å². The zero-order valence-electron chi connectivity index (χ0n) is 15.4. The molecule has 0 saturated heterocycles. The molecule has 2 aromatic heterocycles. The smallest absolute Gasteiger partial charge is 0.356 e. The van der Waals surface area contributed by atoms with E-state index >= 15 is 0 Å². The van der Waals surface area contributed by atoms with E-state index in [1.165, 1.54) is 10.7 Å². The van der Waals surface area contributed by atoms with Crippen molar-refractivity contribution in [2.75, 3.05) is 5.32 Å². The molecule has 140 valence electrons. The van der Waals surface area contributed by atoms with Gasteiger partial charge in [-0.15, -0.1) is 0 Å². The van der Waals surface area contributed by atoms with Gasteiger partial charge in [0.25, 0.3) is 5.91 Å². The summed E-state index contributed by atoms with van der Waals surface area (Å²) in [4.78, 5) is 23.8. The fourth-order valence-electron chi connectivity index (χ4n) is 2.74. The Morgan fingerprint density at radius 3 is 2.63 bits per heavy atom. The highest BCUT2D eigenvalue weighted by molar-refractivity contribution is 6.05. The minimum absolute atomic E-state index is 0.0677. The van der Waals surface area contributed by atoms with Crippen LogP contribution < -0.4 is 5.32 Å². The highest BCUT2D eigenvalue weighted by Gasteiger charge is 2.17. The van der Waals surface area contributed by atoms with Crippen molar-refractivity contribution in [1.29, 1.82) is 0 Å². The minimum atomic E-state index is -1.11. The van der Waals surface area contributed by atoms with Crippen LogP contribution in [0.25, 0.3) is 5.69 Å². The number of amides is 1. The van der Waals surface area contributed by atoms with Gasteiger partial charge < -0.3 is 10.4 Å². The maximum Gasteiger partial charge on any atom is 0.356 e. The second kappa shape index (κ2) is 7.45. The van der Waals surface area contributed by atoms with Crippen molar-refractivity contribution < 1.29 is 14.7 Å². The highest BCUT2D eigenvalue weighted by atomic mass is 16.4. The SMILES string of the molecule is Cc1c(C(=O)Nc2ccccc2-n2ccc(C(=O)O)n2)cnn1CC(C)C. The summed E-state index contributed by atoms with van der Waals surface area (Å²) in [6.07, 6.45) is 3.10. The lowest BCUT2D eigenvalue weighted by Crippen LogP contribution is -2.16. The first kappa shape index (κ1) is 18.4. The van der Waals surface area contributed by atoms with Crippen LogP contribution in [0.3, 0.4) is 0 Å². The van der Waals surface area contributed by atoms with Gasteiger partial charge in [-0.2, -0.15) is 10.2 Å². The molecule has 1 amide bonds. The molecule has 0 saturated carbocycles. The van der Waals surface area contributed by atoms with Crippen LogP contribution >= 0.6 is 0 Å². The Kier molecular flexibility index (Phi) is 5.07. The third-order valence-electron chi connectivity index (χ3n) is 4.09. The number of hydrogen-bond donors (Lipinski definition) is 2. The van der Waals surface area contributed by atoms with Crippen LogP contribution in [0.1, 0.15) is 40.4 Å². The molecule has 3 aromatic rings. The minimum Gasteiger partial charge on any atom is -0.476 e. The van der Waals surface area contributed by atoms with Gasteiger partial charge in [-0.25, -0.2) is 9.48 Å². The number of carbonyl (C=O) groups is 2. The van der Waals surface area contributed by atoms with E-state index in [1.807, 2.05) is 11.6 Å². The largest absolute Gasteiger partial charge is 0.476 e. The number of benzene rings is 1. The maximum absolute atomic E-state index is 12.7. The summed E-state index contributed by atoms with van der Waals surface area (Å²) >= 11 is 0. The Labute approximate surface area is 156 Å². The average Bonchev–Trinajstić information content (AvgIpc) is 3.23. The monoisotopic (exact) mass is 367 g/mol. The number of aromatic nitrogens is 4. The van der Waals surface area contributed by atoms with Crippen LogP contribution in [0.15, 0.2) is 42.7 Å². The summed E-state index contributed by atoms with van der Waals surface area (Å²) in [6.45, 7) is 6.78. The number of nitrogens with zero attached hydrogens (tertiary/aromatic N) is 4. The van der Waals surface area contributed by atoms with E-state index < -0.39 is 5.97 Å². The number of para-hydroxylation sites is 2. The van der Waals surface area contributed by atoms with Crippen molar-refractivity contribution in [1.82, 2.24) is 19.6 Å². The van der Waals surface area contributed by atoms with Crippen molar-refractivity contribution in [3.63, 3.8) is 0 Å². The summed E-state index contributed by atoms with van der Waals surface area (Å²) in [5.74, 6) is -0.965. The zero-order valence-corrected chi connectivity index (χ0v) is 15.4. The molecule has 8 nitrogen and oxygen atoms in total. The van der Waals surface area contributed by atoms with Crippen LogP contribution in [-0.2, 0) is 6.54 Å². The summed E-state index contributed by atoms with van der Waals surface area (Å²) in [5, 5.41) is 20.2. The van der Waals surface area contributed by atoms with Gasteiger partial charge in [0.2, 0.25) is 0 Å². The molecular weight excluding hydrogens is 346 g/mol. The first-order valence-electron chi connectivity index (χ1n) is 8.59. The van der Waals surface area contributed by atoms with E-state index in [0.717, 1.165) is 12.2 Å². The van der Waals surface area contributed by atoms with E-state index in [9.17, 15) is 9.59 Å².